The summed E-state index contributed by atoms with van der Waals surface area (Å²) >= 11 is 0. The number of anilines is 4. The zero-order valence-corrected chi connectivity index (χ0v) is 16.4. The molecule has 5 rings (SSSR count). The zero-order chi connectivity index (χ0) is 20.5. The van der Waals surface area contributed by atoms with E-state index in [0.29, 0.717) is 24.5 Å². The molecule has 0 saturated carbocycles. The highest BCUT2D eigenvalue weighted by molar-refractivity contribution is 6.12. The molecule has 0 atom stereocenters. The van der Waals surface area contributed by atoms with Crippen LogP contribution in [0, 0.1) is 0 Å². The standard InChI is InChI=1S/C23H22N4O3/c28-14-15-1-3-20-21(11-15)26-23(29)18-12-16(2-4-19(18)25-20)17-5-6-24-22(13-17)27-7-9-30-10-8-27/h1-6,11-13,25,28H,7-10,14H2,(H,26,29). The van der Waals surface area contributed by atoms with Gasteiger partial charge in [0, 0.05) is 19.3 Å². The molecule has 0 radical (unpaired) electrons. The third-order valence-electron chi connectivity index (χ3n) is 5.46. The van der Waals surface area contributed by atoms with Crippen molar-refractivity contribution in [3.8, 4) is 11.1 Å². The number of carbonyl (C=O) groups is 1. The molecule has 7 nitrogen and oxygen atoms in total. The first-order valence-corrected chi connectivity index (χ1v) is 9.96. The number of aliphatic hydroxyl groups is 1. The summed E-state index contributed by atoms with van der Waals surface area (Å²) in [6.45, 7) is 2.97. The van der Waals surface area contributed by atoms with Gasteiger partial charge >= 0.3 is 0 Å². The quantitative estimate of drug-likeness (QED) is 0.623. The van der Waals surface area contributed by atoms with Crippen LogP contribution in [0.4, 0.5) is 22.9 Å². The number of morpholine rings is 1. The van der Waals surface area contributed by atoms with Crippen molar-refractivity contribution in [2.75, 3.05) is 41.8 Å². The molecule has 0 bridgehead atoms. The maximum Gasteiger partial charge on any atom is 0.257 e. The number of nitrogens with one attached hydrogen (secondary N) is 2. The summed E-state index contributed by atoms with van der Waals surface area (Å²) in [5, 5.41) is 15.7. The Morgan fingerprint density at radius 1 is 0.933 bits per heavy atom. The predicted molar refractivity (Wildman–Crippen MR) is 116 cm³/mol. The van der Waals surface area contributed by atoms with E-state index < -0.39 is 0 Å². The Kier molecular flexibility index (Phi) is 4.82. The number of aromatic nitrogens is 1. The molecule has 1 aromatic heterocycles. The summed E-state index contributed by atoms with van der Waals surface area (Å²) < 4.78 is 5.43. The minimum atomic E-state index is -0.185. The van der Waals surface area contributed by atoms with Crippen LogP contribution in [0.3, 0.4) is 0 Å². The number of rotatable bonds is 3. The predicted octanol–water partition coefficient (Wildman–Crippen LogP) is 3.39. The summed E-state index contributed by atoms with van der Waals surface area (Å²) in [4.78, 5) is 19.6. The maximum absolute atomic E-state index is 12.9. The fourth-order valence-electron chi connectivity index (χ4n) is 3.82. The molecule has 3 aromatic rings. The molecule has 3 N–H and O–H groups in total. The molecule has 1 amide bonds. The van der Waals surface area contributed by atoms with Crippen LogP contribution in [-0.4, -0.2) is 42.3 Å². The third kappa shape index (κ3) is 3.49. The average Bonchev–Trinajstić information content (AvgIpc) is 2.94. The van der Waals surface area contributed by atoms with Crippen molar-refractivity contribution in [1.82, 2.24) is 4.98 Å². The molecule has 3 heterocycles. The van der Waals surface area contributed by atoms with E-state index in [1.165, 1.54) is 0 Å². The fraction of sp³-hybridized carbons (Fsp3) is 0.217. The number of hydrogen-bond acceptors (Lipinski definition) is 6. The van der Waals surface area contributed by atoms with Gasteiger partial charge in [0.05, 0.1) is 42.4 Å². The van der Waals surface area contributed by atoms with Gasteiger partial charge in [-0.15, -0.1) is 0 Å². The van der Waals surface area contributed by atoms with Crippen molar-refractivity contribution < 1.29 is 14.6 Å². The van der Waals surface area contributed by atoms with E-state index >= 15 is 0 Å². The summed E-state index contributed by atoms with van der Waals surface area (Å²) in [5.74, 6) is 0.730. The van der Waals surface area contributed by atoms with E-state index in [4.69, 9.17) is 4.74 Å². The van der Waals surface area contributed by atoms with Crippen molar-refractivity contribution in [3.63, 3.8) is 0 Å². The second-order valence-corrected chi connectivity index (χ2v) is 7.38. The molecule has 2 aliphatic rings. The van der Waals surface area contributed by atoms with Gasteiger partial charge in [-0.1, -0.05) is 12.1 Å². The monoisotopic (exact) mass is 402 g/mol. The van der Waals surface area contributed by atoms with Crippen LogP contribution in [0.25, 0.3) is 11.1 Å². The average molecular weight is 402 g/mol. The number of carbonyl (C=O) groups excluding carboxylic acids is 1. The third-order valence-corrected chi connectivity index (χ3v) is 5.46. The minimum absolute atomic E-state index is 0.0756. The van der Waals surface area contributed by atoms with Gasteiger partial charge in [-0.2, -0.15) is 0 Å². The van der Waals surface area contributed by atoms with Gasteiger partial charge < -0.3 is 25.4 Å². The maximum atomic E-state index is 12.9. The van der Waals surface area contributed by atoms with E-state index in [9.17, 15) is 9.90 Å². The molecule has 1 fully saturated rings. The first kappa shape index (κ1) is 18.6. The smallest absolute Gasteiger partial charge is 0.257 e. The Hall–Kier alpha value is -3.42. The molecular weight excluding hydrogens is 380 g/mol. The lowest BCUT2D eigenvalue weighted by Gasteiger charge is -2.28. The lowest BCUT2D eigenvalue weighted by Crippen LogP contribution is -2.36. The number of nitrogens with zero attached hydrogens (tertiary/aromatic N) is 2. The molecule has 7 heteroatoms. The van der Waals surface area contributed by atoms with Crippen LogP contribution in [0.1, 0.15) is 15.9 Å². The second-order valence-electron chi connectivity index (χ2n) is 7.38. The SMILES string of the molecule is O=C1Nc2cc(CO)ccc2Nc2ccc(-c3ccnc(N4CCOCC4)c3)cc21. The normalized spacial score (nSPS) is 15.5. The first-order chi connectivity index (χ1) is 14.7. The Morgan fingerprint density at radius 2 is 1.73 bits per heavy atom. The molecule has 0 aliphatic carbocycles. The van der Waals surface area contributed by atoms with Crippen molar-refractivity contribution >= 4 is 28.8 Å². The summed E-state index contributed by atoms with van der Waals surface area (Å²) in [6.07, 6.45) is 1.80. The van der Waals surface area contributed by atoms with Gasteiger partial charge in [0.1, 0.15) is 5.82 Å². The van der Waals surface area contributed by atoms with Crippen LogP contribution in [0.15, 0.2) is 54.7 Å². The zero-order valence-electron chi connectivity index (χ0n) is 16.4. The molecule has 2 aromatic carbocycles. The first-order valence-electron chi connectivity index (χ1n) is 9.96. The van der Waals surface area contributed by atoms with Gasteiger partial charge in [-0.3, -0.25) is 4.79 Å². The lowest BCUT2D eigenvalue weighted by atomic mass is 10.0. The van der Waals surface area contributed by atoms with E-state index in [-0.39, 0.29) is 12.5 Å². The topological polar surface area (TPSA) is 86.7 Å². The van der Waals surface area contributed by atoms with Crippen molar-refractivity contribution in [2.45, 2.75) is 6.61 Å². The minimum Gasteiger partial charge on any atom is -0.392 e. The van der Waals surface area contributed by atoms with Crippen LogP contribution in [0.2, 0.25) is 0 Å². The van der Waals surface area contributed by atoms with E-state index in [2.05, 4.69) is 26.6 Å². The van der Waals surface area contributed by atoms with Crippen molar-refractivity contribution in [3.05, 3.63) is 65.9 Å². The van der Waals surface area contributed by atoms with Crippen molar-refractivity contribution in [2.24, 2.45) is 0 Å². The molecule has 0 spiro atoms. The Labute approximate surface area is 174 Å². The van der Waals surface area contributed by atoms with Gasteiger partial charge in [0.2, 0.25) is 0 Å². The summed E-state index contributed by atoms with van der Waals surface area (Å²) in [5.41, 5.74) is 5.47. The number of hydrogen-bond donors (Lipinski definition) is 3. The van der Waals surface area contributed by atoms with Gasteiger partial charge in [0.15, 0.2) is 0 Å². The molecule has 0 unspecified atom stereocenters. The molecule has 2 aliphatic heterocycles. The largest absolute Gasteiger partial charge is 0.392 e. The highest BCUT2D eigenvalue weighted by Crippen LogP contribution is 2.35. The molecule has 152 valence electrons. The number of ether oxygens (including phenoxy) is 1. The van der Waals surface area contributed by atoms with Crippen LogP contribution in [0.5, 0.6) is 0 Å². The summed E-state index contributed by atoms with van der Waals surface area (Å²) in [7, 11) is 0. The molecular formula is C23H22N4O3. The van der Waals surface area contributed by atoms with E-state index in [1.54, 1.807) is 12.3 Å². The number of aliphatic hydroxyl groups excluding tert-OH is 1. The van der Waals surface area contributed by atoms with Gasteiger partial charge in [-0.25, -0.2) is 4.98 Å². The highest BCUT2D eigenvalue weighted by Gasteiger charge is 2.20. The fourth-order valence-corrected chi connectivity index (χ4v) is 3.82. The Bertz CT molecular complexity index is 1110. The Balaban J connectivity index is 1.48. The number of fused-ring (bicyclic) bond motifs is 2. The highest BCUT2D eigenvalue weighted by atomic mass is 16.5. The summed E-state index contributed by atoms with van der Waals surface area (Å²) in [6, 6.07) is 15.3. The molecule has 1 saturated heterocycles. The van der Waals surface area contributed by atoms with Crippen molar-refractivity contribution in [1.29, 1.82) is 0 Å². The lowest BCUT2D eigenvalue weighted by molar-refractivity contribution is 0.102. The van der Waals surface area contributed by atoms with Gasteiger partial charge in [-0.05, 0) is 53.1 Å². The number of benzene rings is 2. The number of amides is 1. The Morgan fingerprint density at radius 3 is 2.57 bits per heavy atom. The van der Waals surface area contributed by atoms with Crippen LogP contribution < -0.4 is 15.5 Å². The number of pyridine rings is 1. The molecule has 30 heavy (non-hydrogen) atoms. The van der Waals surface area contributed by atoms with E-state index in [0.717, 1.165) is 47.0 Å². The van der Waals surface area contributed by atoms with Gasteiger partial charge in [0.25, 0.3) is 5.91 Å². The second kappa shape index (κ2) is 7.78. The van der Waals surface area contributed by atoms with Crippen LogP contribution >= 0.6 is 0 Å². The van der Waals surface area contributed by atoms with E-state index in [1.807, 2.05) is 36.4 Å². The van der Waals surface area contributed by atoms with Crippen LogP contribution in [-0.2, 0) is 11.3 Å².